The van der Waals surface area contributed by atoms with E-state index in [1.165, 1.54) is 17.0 Å². The second-order valence-corrected chi connectivity index (χ2v) is 5.55. The Balaban J connectivity index is 1.73. The summed E-state index contributed by atoms with van der Waals surface area (Å²) in [5.74, 6) is -1.27. The predicted octanol–water partition coefficient (Wildman–Crippen LogP) is 0.351. The Morgan fingerprint density at radius 1 is 1.26 bits per heavy atom. The summed E-state index contributed by atoms with van der Waals surface area (Å²) in [6.07, 6.45) is 1.61. The van der Waals surface area contributed by atoms with Crippen LogP contribution in [-0.2, 0) is 20.8 Å². The molecular weight excluding hydrogens is 301 g/mol. The molecule has 0 aliphatic carbocycles. The maximum atomic E-state index is 12.8. The van der Waals surface area contributed by atoms with Crippen LogP contribution >= 0.6 is 0 Å². The van der Waals surface area contributed by atoms with E-state index in [0.29, 0.717) is 18.5 Å². The Labute approximate surface area is 133 Å². The largest absolute Gasteiger partial charge is 0.368 e. The molecule has 0 bridgehead atoms. The van der Waals surface area contributed by atoms with Gasteiger partial charge in [0.05, 0.1) is 6.42 Å². The summed E-state index contributed by atoms with van der Waals surface area (Å²) < 4.78 is 12.8. The molecule has 1 aromatic carbocycles. The molecule has 1 heterocycles. The highest BCUT2D eigenvalue weighted by Gasteiger charge is 2.32. The van der Waals surface area contributed by atoms with E-state index >= 15 is 0 Å². The zero-order chi connectivity index (χ0) is 16.8. The first-order valence-corrected chi connectivity index (χ1v) is 7.57. The normalized spacial score (nSPS) is 17.1. The van der Waals surface area contributed by atoms with Gasteiger partial charge in [-0.05, 0) is 30.5 Å². The Morgan fingerprint density at radius 3 is 2.61 bits per heavy atom. The van der Waals surface area contributed by atoms with Crippen molar-refractivity contribution in [3.63, 3.8) is 0 Å². The van der Waals surface area contributed by atoms with Gasteiger partial charge in [-0.1, -0.05) is 12.1 Å². The van der Waals surface area contributed by atoms with Crippen LogP contribution in [0.2, 0.25) is 0 Å². The maximum Gasteiger partial charge on any atom is 0.240 e. The lowest BCUT2D eigenvalue weighted by molar-refractivity contribution is -0.137. The van der Waals surface area contributed by atoms with Crippen molar-refractivity contribution in [2.24, 2.45) is 5.73 Å². The van der Waals surface area contributed by atoms with Gasteiger partial charge >= 0.3 is 0 Å². The van der Waals surface area contributed by atoms with Gasteiger partial charge < -0.3 is 16.0 Å². The molecule has 1 aliphatic rings. The molecule has 0 radical (unpaired) electrons. The lowest BCUT2D eigenvalue weighted by Gasteiger charge is -2.22. The number of carbonyl (C=O) groups excluding carboxylic acids is 3. The van der Waals surface area contributed by atoms with Crippen LogP contribution in [0.1, 0.15) is 24.8 Å². The molecule has 0 aromatic heterocycles. The van der Waals surface area contributed by atoms with Crippen molar-refractivity contribution in [1.82, 2.24) is 10.2 Å². The number of hydrogen-bond acceptors (Lipinski definition) is 3. The van der Waals surface area contributed by atoms with Crippen LogP contribution in [0.15, 0.2) is 24.3 Å². The first-order chi connectivity index (χ1) is 11.0. The van der Waals surface area contributed by atoms with Gasteiger partial charge in [0.1, 0.15) is 11.9 Å². The number of primary amides is 1. The van der Waals surface area contributed by atoms with Gasteiger partial charge in [0.25, 0.3) is 0 Å². The number of likely N-dealkylation sites (tertiary alicyclic amines) is 1. The minimum Gasteiger partial charge on any atom is -0.368 e. The van der Waals surface area contributed by atoms with E-state index in [4.69, 9.17) is 5.73 Å². The minimum atomic E-state index is -0.530. The van der Waals surface area contributed by atoms with Gasteiger partial charge in [-0.15, -0.1) is 0 Å². The quantitative estimate of drug-likeness (QED) is 0.792. The summed E-state index contributed by atoms with van der Waals surface area (Å²) in [5.41, 5.74) is 5.97. The lowest BCUT2D eigenvalue weighted by atomic mass is 10.1. The molecule has 1 unspecified atom stereocenters. The number of carbonyl (C=O) groups is 3. The van der Waals surface area contributed by atoms with Crippen molar-refractivity contribution in [2.45, 2.75) is 31.7 Å². The summed E-state index contributed by atoms with van der Waals surface area (Å²) >= 11 is 0. The monoisotopic (exact) mass is 321 g/mol. The fourth-order valence-corrected chi connectivity index (χ4v) is 2.66. The number of benzene rings is 1. The van der Waals surface area contributed by atoms with Crippen molar-refractivity contribution < 1.29 is 18.8 Å². The SMILES string of the molecule is NC(=O)C1CCCN1C(=O)CCNC(=O)Cc1ccc(F)cc1. The van der Waals surface area contributed by atoms with Crippen LogP contribution in [0, 0.1) is 5.82 Å². The number of rotatable bonds is 6. The fraction of sp³-hybridized carbons (Fsp3) is 0.438. The van der Waals surface area contributed by atoms with E-state index < -0.39 is 11.9 Å². The molecule has 3 N–H and O–H groups in total. The molecule has 1 aliphatic heterocycles. The van der Waals surface area contributed by atoms with Crippen LogP contribution in [0.25, 0.3) is 0 Å². The number of nitrogens with zero attached hydrogens (tertiary/aromatic N) is 1. The molecular formula is C16H20FN3O3. The van der Waals surface area contributed by atoms with Gasteiger partial charge in [-0.2, -0.15) is 0 Å². The van der Waals surface area contributed by atoms with Crippen LogP contribution in [0.4, 0.5) is 4.39 Å². The van der Waals surface area contributed by atoms with E-state index in [0.717, 1.165) is 6.42 Å². The average molecular weight is 321 g/mol. The number of nitrogens with one attached hydrogen (secondary N) is 1. The Morgan fingerprint density at radius 2 is 1.96 bits per heavy atom. The van der Waals surface area contributed by atoms with Crippen molar-refractivity contribution in [1.29, 1.82) is 0 Å². The van der Waals surface area contributed by atoms with Crippen molar-refractivity contribution in [3.05, 3.63) is 35.6 Å². The Hall–Kier alpha value is -2.44. The molecule has 2 rings (SSSR count). The molecule has 1 aromatic rings. The number of halogens is 1. The highest BCUT2D eigenvalue weighted by molar-refractivity contribution is 5.87. The van der Waals surface area contributed by atoms with Crippen LogP contribution in [-0.4, -0.2) is 41.8 Å². The molecule has 1 saturated heterocycles. The molecule has 1 atom stereocenters. The van der Waals surface area contributed by atoms with E-state index in [2.05, 4.69) is 5.32 Å². The first-order valence-electron chi connectivity index (χ1n) is 7.57. The van der Waals surface area contributed by atoms with Crippen LogP contribution in [0.3, 0.4) is 0 Å². The zero-order valence-electron chi connectivity index (χ0n) is 12.8. The first kappa shape index (κ1) is 16.9. The van der Waals surface area contributed by atoms with E-state index in [-0.39, 0.29) is 37.0 Å². The molecule has 7 heteroatoms. The number of amides is 3. The van der Waals surface area contributed by atoms with Gasteiger partial charge in [0, 0.05) is 19.5 Å². The van der Waals surface area contributed by atoms with E-state index in [9.17, 15) is 18.8 Å². The topological polar surface area (TPSA) is 92.5 Å². The summed E-state index contributed by atoms with van der Waals surface area (Å²) in [6.45, 7) is 0.719. The van der Waals surface area contributed by atoms with Gasteiger partial charge in [-0.3, -0.25) is 14.4 Å². The average Bonchev–Trinajstić information content (AvgIpc) is 2.99. The number of nitrogens with two attached hydrogens (primary N) is 1. The molecule has 124 valence electrons. The molecule has 0 spiro atoms. The number of hydrogen-bond donors (Lipinski definition) is 2. The third-order valence-corrected chi connectivity index (χ3v) is 3.84. The second kappa shape index (κ2) is 7.71. The summed E-state index contributed by atoms with van der Waals surface area (Å²) in [5, 5.41) is 2.65. The van der Waals surface area contributed by atoms with Crippen molar-refractivity contribution in [2.75, 3.05) is 13.1 Å². The van der Waals surface area contributed by atoms with Crippen molar-refractivity contribution >= 4 is 17.7 Å². The van der Waals surface area contributed by atoms with Crippen molar-refractivity contribution in [3.8, 4) is 0 Å². The van der Waals surface area contributed by atoms with E-state index in [1.807, 2.05) is 0 Å². The van der Waals surface area contributed by atoms with Gasteiger partial charge in [0.2, 0.25) is 17.7 Å². The van der Waals surface area contributed by atoms with Crippen LogP contribution < -0.4 is 11.1 Å². The molecule has 0 saturated carbocycles. The zero-order valence-corrected chi connectivity index (χ0v) is 12.8. The second-order valence-electron chi connectivity index (χ2n) is 5.55. The standard InChI is InChI=1S/C16H20FN3O3/c17-12-5-3-11(4-6-12)10-14(21)19-8-7-15(22)20-9-1-2-13(20)16(18)23/h3-6,13H,1-2,7-10H2,(H2,18,23)(H,19,21). The summed E-state index contributed by atoms with van der Waals surface area (Å²) in [7, 11) is 0. The Bertz CT molecular complexity index is 589. The summed E-state index contributed by atoms with van der Waals surface area (Å²) in [4.78, 5) is 36.6. The smallest absolute Gasteiger partial charge is 0.240 e. The fourth-order valence-electron chi connectivity index (χ4n) is 2.66. The highest BCUT2D eigenvalue weighted by Crippen LogP contribution is 2.17. The molecule has 3 amide bonds. The van der Waals surface area contributed by atoms with E-state index in [1.54, 1.807) is 12.1 Å². The van der Waals surface area contributed by atoms with Gasteiger partial charge in [0.15, 0.2) is 0 Å². The summed E-state index contributed by atoms with van der Waals surface area (Å²) in [6, 6.07) is 5.15. The third kappa shape index (κ3) is 4.77. The van der Waals surface area contributed by atoms with Gasteiger partial charge in [-0.25, -0.2) is 4.39 Å². The molecule has 23 heavy (non-hydrogen) atoms. The third-order valence-electron chi connectivity index (χ3n) is 3.84. The maximum absolute atomic E-state index is 12.8. The lowest BCUT2D eigenvalue weighted by Crippen LogP contribution is -2.44. The molecule has 6 nitrogen and oxygen atoms in total. The Kier molecular flexibility index (Phi) is 5.67. The highest BCUT2D eigenvalue weighted by atomic mass is 19.1. The predicted molar refractivity (Wildman–Crippen MR) is 81.7 cm³/mol. The van der Waals surface area contributed by atoms with Crippen LogP contribution in [0.5, 0.6) is 0 Å². The minimum absolute atomic E-state index is 0.124. The molecule has 1 fully saturated rings.